The van der Waals surface area contributed by atoms with E-state index in [0.717, 1.165) is 0 Å². The Balaban J connectivity index is 2.71. The van der Waals surface area contributed by atoms with Crippen LogP contribution in [0, 0.1) is 0 Å². The summed E-state index contributed by atoms with van der Waals surface area (Å²) in [4.78, 5) is 10.1. The molecule has 0 aliphatic carbocycles. The summed E-state index contributed by atoms with van der Waals surface area (Å²) in [6, 6.07) is 1.02. The van der Waals surface area contributed by atoms with Crippen LogP contribution in [0.3, 0.4) is 0 Å². The lowest BCUT2D eigenvalue weighted by Crippen LogP contribution is -2.10. The first-order chi connectivity index (χ1) is 12.3. The Morgan fingerprint density at radius 1 is 1.19 bits per heavy atom. The highest BCUT2D eigenvalue weighted by Gasteiger charge is 2.36. The minimum Gasteiger partial charge on any atom is -0.383 e. The number of thiol groups is 1. The van der Waals surface area contributed by atoms with Gasteiger partial charge >= 0.3 is 11.7 Å². The molecule has 0 atom stereocenters. The van der Waals surface area contributed by atoms with Gasteiger partial charge in [-0.1, -0.05) is 36.0 Å². The third-order valence-corrected chi connectivity index (χ3v) is 4.64. The van der Waals surface area contributed by atoms with Crippen LogP contribution in [0.5, 0.6) is 0 Å². The summed E-state index contributed by atoms with van der Waals surface area (Å²) in [5, 5.41) is 2.54. The average Bonchev–Trinajstić information content (AvgIpc) is 2.81. The fourth-order valence-electron chi connectivity index (χ4n) is 1.92. The zero-order valence-electron chi connectivity index (χ0n) is 12.4. The largest absolute Gasteiger partial charge is 0.446 e. The highest BCUT2D eigenvalue weighted by molar-refractivity contribution is 8.00. The van der Waals surface area contributed by atoms with E-state index in [1.54, 1.807) is 0 Å². The SMILES string of the molecule is Nc1c(SC(F)(F)F)c(N(S)C=O)nn1-c1c(Cl)cc(C(F)(F)F)cc1Cl. The third-order valence-electron chi connectivity index (χ3n) is 2.95. The number of nitrogens with two attached hydrogens (primary N) is 1. The summed E-state index contributed by atoms with van der Waals surface area (Å²) >= 11 is 14.6. The lowest BCUT2D eigenvalue weighted by molar-refractivity contribution is -0.137. The Hall–Kier alpha value is -1.44. The second-order valence-corrected chi connectivity index (χ2v) is 7.05. The van der Waals surface area contributed by atoms with E-state index in [9.17, 15) is 31.1 Å². The van der Waals surface area contributed by atoms with Crippen LogP contribution in [0.4, 0.5) is 38.0 Å². The predicted molar refractivity (Wildman–Crippen MR) is 92.4 cm³/mol. The zero-order chi connectivity index (χ0) is 20.7. The first-order valence-corrected chi connectivity index (χ1v) is 8.37. The molecule has 0 saturated carbocycles. The van der Waals surface area contributed by atoms with Crippen molar-refractivity contribution in [3.8, 4) is 5.69 Å². The third kappa shape index (κ3) is 4.70. The minimum absolute atomic E-state index is 0.0472. The van der Waals surface area contributed by atoms with Crippen LogP contribution in [0.1, 0.15) is 5.56 Å². The van der Waals surface area contributed by atoms with Gasteiger partial charge in [-0.3, -0.25) is 4.79 Å². The number of nitrogens with zero attached hydrogens (tertiary/aromatic N) is 3. The Labute approximate surface area is 166 Å². The number of carbonyl (C=O) groups excluding carboxylic acids is 1. The molecular weight excluding hydrogens is 465 g/mol. The van der Waals surface area contributed by atoms with Gasteiger partial charge in [-0.2, -0.15) is 26.3 Å². The van der Waals surface area contributed by atoms with Gasteiger partial charge in [0, 0.05) is 0 Å². The molecular formula is C12H6Cl2F6N4OS2. The first-order valence-electron chi connectivity index (χ1n) is 6.40. The molecule has 1 heterocycles. The summed E-state index contributed by atoms with van der Waals surface area (Å²) in [6.45, 7) is 0. The molecule has 5 nitrogen and oxygen atoms in total. The average molecular weight is 471 g/mol. The number of thioether (sulfide) groups is 1. The number of anilines is 2. The van der Waals surface area contributed by atoms with Crippen molar-refractivity contribution in [2.45, 2.75) is 16.6 Å². The van der Waals surface area contributed by atoms with Crippen molar-refractivity contribution >= 4 is 65.8 Å². The van der Waals surface area contributed by atoms with Gasteiger partial charge in [0.05, 0.1) is 15.6 Å². The quantitative estimate of drug-likeness (QED) is 0.279. The van der Waals surface area contributed by atoms with Crippen molar-refractivity contribution in [1.82, 2.24) is 9.78 Å². The number of amides is 1. The Bertz CT molecular complexity index is 863. The van der Waals surface area contributed by atoms with Gasteiger partial charge in [0.25, 0.3) is 0 Å². The second-order valence-electron chi connectivity index (χ2n) is 4.73. The number of alkyl halides is 6. The fourth-order valence-corrected chi connectivity index (χ4v) is 3.43. The number of carbonyl (C=O) groups is 1. The van der Waals surface area contributed by atoms with Crippen LogP contribution >= 0.6 is 47.8 Å². The van der Waals surface area contributed by atoms with Crippen molar-refractivity contribution in [2.24, 2.45) is 0 Å². The molecule has 15 heteroatoms. The normalized spacial score (nSPS) is 12.3. The van der Waals surface area contributed by atoms with Crippen LogP contribution < -0.4 is 10.0 Å². The molecule has 0 spiro atoms. The number of halogens is 8. The van der Waals surface area contributed by atoms with Gasteiger partial charge < -0.3 is 5.73 Å². The Morgan fingerprint density at radius 2 is 1.70 bits per heavy atom. The molecule has 2 rings (SSSR count). The number of hydrogen-bond donors (Lipinski definition) is 2. The molecule has 0 aliphatic heterocycles. The van der Waals surface area contributed by atoms with E-state index in [1.165, 1.54) is 0 Å². The second kappa shape index (κ2) is 7.53. The molecule has 0 aliphatic rings. The lowest BCUT2D eigenvalue weighted by Gasteiger charge is -2.13. The summed E-state index contributed by atoms with van der Waals surface area (Å²) < 4.78 is 77.8. The molecule has 148 valence electrons. The molecule has 0 saturated heterocycles. The molecule has 0 fully saturated rings. The van der Waals surface area contributed by atoms with Crippen molar-refractivity contribution < 1.29 is 31.1 Å². The number of benzene rings is 1. The number of aromatic nitrogens is 2. The van der Waals surface area contributed by atoms with E-state index >= 15 is 0 Å². The van der Waals surface area contributed by atoms with Crippen LogP contribution in [-0.4, -0.2) is 21.7 Å². The monoisotopic (exact) mass is 470 g/mol. The van der Waals surface area contributed by atoms with Crippen molar-refractivity contribution in [1.29, 1.82) is 0 Å². The Morgan fingerprint density at radius 3 is 2.11 bits per heavy atom. The van der Waals surface area contributed by atoms with Gasteiger partial charge in [0.2, 0.25) is 6.41 Å². The molecule has 0 radical (unpaired) electrons. The van der Waals surface area contributed by atoms with Crippen molar-refractivity contribution in [2.75, 3.05) is 10.0 Å². The first kappa shape index (κ1) is 21.9. The van der Waals surface area contributed by atoms with Gasteiger partial charge in [0.1, 0.15) is 16.4 Å². The zero-order valence-corrected chi connectivity index (χ0v) is 15.7. The highest BCUT2D eigenvalue weighted by atomic mass is 35.5. The number of nitrogen functional groups attached to an aromatic ring is 1. The van der Waals surface area contributed by atoms with Gasteiger partial charge in [-0.25, -0.2) is 8.99 Å². The van der Waals surface area contributed by atoms with Crippen LogP contribution in [-0.2, 0) is 11.0 Å². The molecule has 2 aromatic rings. The van der Waals surface area contributed by atoms with Crippen LogP contribution in [0.2, 0.25) is 10.0 Å². The topological polar surface area (TPSA) is 64.2 Å². The maximum atomic E-state index is 12.8. The van der Waals surface area contributed by atoms with Crippen molar-refractivity contribution in [3.63, 3.8) is 0 Å². The van der Waals surface area contributed by atoms with E-state index in [1.807, 2.05) is 0 Å². The number of rotatable bonds is 4. The number of hydrogen-bond acceptors (Lipinski definition) is 5. The van der Waals surface area contributed by atoms with Crippen LogP contribution in [0.15, 0.2) is 17.0 Å². The molecule has 0 bridgehead atoms. The summed E-state index contributed by atoms with van der Waals surface area (Å²) in [7, 11) is 0. The van der Waals surface area contributed by atoms with E-state index in [4.69, 9.17) is 28.9 Å². The molecule has 27 heavy (non-hydrogen) atoms. The summed E-state index contributed by atoms with van der Waals surface area (Å²) in [5.74, 6) is -1.27. The minimum atomic E-state index is -4.80. The van der Waals surface area contributed by atoms with Gasteiger partial charge in [-0.15, -0.1) is 5.10 Å². The standard InChI is InChI=1S/C12H6Cl2F6N4OS2/c13-5-1-4(11(15,16)17)2-6(14)7(5)24-9(21)8(27-12(18,19)20)10(22-24)23(26)3-25/h1-3,26H,21H2. The fraction of sp³-hybridized carbons (Fsp3) is 0.167. The van der Waals surface area contributed by atoms with E-state index in [-0.39, 0.29) is 6.41 Å². The lowest BCUT2D eigenvalue weighted by atomic mass is 10.2. The molecule has 1 aromatic heterocycles. The summed E-state index contributed by atoms with van der Waals surface area (Å²) in [6.07, 6.45) is -4.71. The maximum Gasteiger partial charge on any atom is 0.446 e. The van der Waals surface area contributed by atoms with Gasteiger partial charge in [-0.05, 0) is 23.9 Å². The molecule has 1 aromatic carbocycles. The van der Waals surface area contributed by atoms with Crippen LogP contribution in [0.25, 0.3) is 5.69 Å². The Kier molecular flexibility index (Phi) is 6.09. The molecule has 0 unspecified atom stereocenters. The van der Waals surface area contributed by atoms with E-state index in [2.05, 4.69) is 17.9 Å². The molecule has 2 N–H and O–H groups in total. The summed E-state index contributed by atoms with van der Waals surface area (Å²) in [5.41, 5.74) is -0.719. The van der Waals surface area contributed by atoms with Gasteiger partial charge in [0.15, 0.2) is 5.82 Å². The smallest absolute Gasteiger partial charge is 0.383 e. The van der Waals surface area contributed by atoms with Crippen molar-refractivity contribution in [3.05, 3.63) is 27.7 Å². The maximum absolute atomic E-state index is 12.8. The van der Waals surface area contributed by atoms with E-state index < -0.39 is 61.3 Å². The highest BCUT2D eigenvalue weighted by Crippen LogP contribution is 2.47. The van der Waals surface area contributed by atoms with E-state index in [0.29, 0.717) is 21.1 Å². The predicted octanol–water partition coefficient (Wildman–Crippen LogP) is 5.20. The molecule has 1 amide bonds.